The molecular formula is C15H29IN6. The van der Waals surface area contributed by atoms with E-state index in [1.807, 2.05) is 24.6 Å². The number of hydrogen-bond donors (Lipinski definition) is 2. The summed E-state index contributed by atoms with van der Waals surface area (Å²) in [6.45, 7) is 12.2. The number of rotatable bonds is 8. The van der Waals surface area contributed by atoms with Crippen LogP contribution in [0.1, 0.15) is 38.3 Å². The topological polar surface area (TPSA) is 67.1 Å². The molecule has 6 nitrogen and oxygen atoms in total. The molecule has 1 aromatic heterocycles. The summed E-state index contributed by atoms with van der Waals surface area (Å²) in [6.07, 6.45) is 4.16. The molecule has 7 heteroatoms. The maximum absolute atomic E-state index is 4.55. The van der Waals surface area contributed by atoms with Crippen LogP contribution in [-0.2, 0) is 13.6 Å². The van der Waals surface area contributed by atoms with Crippen molar-refractivity contribution in [2.75, 3.05) is 13.1 Å². The standard InChI is InChI=1S/C15H28N6.HI/c1-6-9-16-15(17-10-7-8-12(2)3)18-11-14-20-19-13(4)21(14)5;/h6,12H,1,7-11H2,2-5H3,(H2,16,17,18);1H. The molecule has 126 valence electrons. The van der Waals surface area contributed by atoms with Crippen LogP contribution in [0.2, 0.25) is 0 Å². The van der Waals surface area contributed by atoms with Gasteiger partial charge in [0.2, 0.25) is 0 Å². The van der Waals surface area contributed by atoms with Gasteiger partial charge in [-0.25, -0.2) is 4.99 Å². The molecular weight excluding hydrogens is 391 g/mol. The largest absolute Gasteiger partial charge is 0.356 e. The summed E-state index contributed by atoms with van der Waals surface area (Å²) in [6, 6.07) is 0. The van der Waals surface area contributed by atoms with E-state index < -0.39 is 0 Å². The maximum atomic E-state index is 4.55. The molecule has 0 amide bonds. The van der Waals surface area contributed by atoms with Gasteiger partial charge in [-0.15, -0.1) is 40.8 Å². The highest BCUT2D eigenvalue weighted by molar-refractivity contribution is 14.0. The van der Waals surface area contributed by atoms with E-state index in [1.54, 1.807) is 0 Å². The monoisotopic (exact) mass is 420 g/mol. The first-order valence-corrected chi connectivity index (χ1v) is 7.52. The van der Waals surface area contributed by atoms with Crippen molar-refractivity contribution in [1.29, 1.82) is 0 Å². The average Bonchev–Trinajstić information content (AvgIpc) is 2.77. The second-order valence-corrected chi connectivity index (χ2v) is 5.52. The third-order valence-electron chi connectivity index (χ3n) is 3.23. The quantitative estimate of drug-likeness (QED) is 0.223. The maximum Gasteiger partial charge on any atom is 0.191 e. The van der Waals surface area contributed by atoms with Gasteiger partial charge >= 0.3 is 0 Å². The molecule has 0 aliphatic rings. The zero-order valence-electron chi connectivity index (χ0n) is 14.1. The van der Waals surface area contributed by atoms with Crippen molar-refractivity contribution in [2.45, 2.75) is 40.2 Å². The summed E-state index contributed by atoms with van der Waals surface area (Å²) >= 11 is 0. The Labute approximate surface area is 150 Å². The lowest BCUT2D eigenvalue weighted by Crippen LogP contribution is -2.38. The van der Waals surface area contributed by atoms with Gasteiger partial charge in [0.05, 0.1) is 0 Å². The number of aromatic nitrogens is 3. The van der Waals surface area contributed by atoms with Crippen LogP contribution in [0.15, 0.2) is 17.6 Å². The Hall–Kier alpha value is -1.12. The second kappa shape index (κ2) is 11.4. The van der Waals surface area contributed by atoms with Crippen molar-refractivity contribution in [1.82, 2.24) is 25.4 Å². The Morgan fingerprint density at radius 2 is 2.09 bits per heavy atom. The predicted octanol–water partition coefficient (Wildman–Crippen LogP) is 2.40. The van der Waals surface area contributed by atoms with Gasteiger partial charge in [-0.2, -0.15) is 0 Å². The average molecular weight is 420 g/mol. The first-order valence-electron chi connectivity index (χ1n) is 7.52. The minimum absolute atomic E-state index is 0. The van der Waals surface area contributed by atoms with Crippen LogP contribution in [0.4, 0.5) is 0 Å². The van der Waals surface area contributed by atoms with E-state index in [1.165, 1.54) is 6.42 Å². The lowest BCUT2D eigenvalue weighted by molar-refractivity contribution is 0.549. The summed E-state index contributed by atoms with van der Waals surface area (Å²) in [4.78, 5) is 4.55. The Balaban J connectivity index is 0.00000441. The number of aryl methyl sites for hydroxylation is 1. The SMILES string of the molecule is C=CCNC(=NCc1nnc(C)n1C)NCCCC(C)C.I. The first kappa shape index (κ1) is 20.9. The fraction of sp³-hybridized carbons (Fsp3) is 0.667. The highest BCUT2D eigenvalue weighted by atomic mass is 127. The highest BCUT2D eigenvalue weighted by Crippen LogP contribution is 2.02. The predicted molar refractivity (Wildman–Crippen MR) is 103 cm³/mol. The molecule has 0 saturated carbocycles. The van der Waals surface area contributed by atoms with Crippen LogP contribution in [0.3, 0.4) is 0 Å². The number of hydrogen-bond acceptors (Lipinski definition) is 3. The van der Waals surface area contributed by atoms with Crippen LogP contribution in [-0.4, -0.2) is 33.8 Å². The zero-order chi connectivity index (χ0) is 15.7. The summed E-state index contributed by atoms with van der Waals surface area (Å²) in [7, 11) is 1.95. The van der Waals surface area contributed by atoms with E-state index in [0.717, 1.165) is 36.5 Å². The third-order valence-corrected chi connectivity index (χ3v) is 3.23. The van der Waals surface area contributed by atoms with Gasteiger partial charge in [-0.05, 0) is 25.7 Å². The highest BCUT2D eigenvalue weighted by Gasteiger charge is 2.04. The Morgan fingerprint density at radius 1 is 1.36 bits per heavy atom. The minimum atomic E-state index is 0. The summed E-state index contributed by atoms with van der Waals surface area (Å²) in [5, 5.41) is 14.7. The molecule has 2 N–H and O–H groups in total. The molecule has 1 aromatic rings. The van der Waals surface area contributed by atoms with Gasteiger partial charge < -0.3 is 15.2 Å². The molecule has 0 unspecified atom stereocenters. The number of nitrogens with zero attached hydrogens (tertiary/aromatic N) is 4. The molecule has 22 heavy (non-hydrogen) atoms. The van der Waals surface area contributed by atoms with Gasteiger partial charge in [0.1, 0.15) is 12.4 Å². The van der Waals surface area contributed by atoms with E-state index in [9.17, 15) is 0 Å². The van der Waals surface area contributed by atoms with E-state index in [0.29, 0.717) is 13.1 Å². The fourth-order valence-electron chi connectivity index (χ4n) is 1.80. The second-order valence-electron chi connectivity index (χ2n) is 5.52. The van der Waals surface area contributed by atoms with Gasteiger partial charge in [0.25, 0.3) is 0 Å². The molecule has 1 rings (SSSR count). The Bertz CT molecular complexity index is 467. The Morgan fingerprint density at radius 3 is 2.64 bits per heavy atom. The van der Waals surface area contributed by atoms with Gasteiger partial charge in [0.15, 0.2) is 11.8 Å². The van der Waals surface area contributed by atoms with Crippen molar-refractivity contribution in [3.63, 3.8) is 0 Å². The smallest absolute Gasteiger partial charge is 0.191 e. The Kier molecular flexibility index (Phi) is 10.9. The van der Waals surface area contributed by atoms with Gasteiger partial charge in [-0.3, -0.25) is 0 Å². The number of halogens is 1. The minimum Gasteiger partial charge on any atom is -0.356 e. The van der Waals surface area contributed by atoms with Crippen molar-refractivity contribution in [3.05, 3.63) is 24.3 Å². The molecule has 0 aliphatic heterocycles. The van der Waals surface area contributed by atoms with Gasteiger partial charge in [-0.1, -0.05) is 19.9 Å². The molecule has 0 radical (unpaired) electrons. The molecule has 1 heterocycles. The summed E-state index contributed by atoms with van der Waals surface area (Å²) in [5.41, 5.74) is 0. The van der Waals surface area contributed by atoms with Crippen molar-refractivity contribution >= 4 is 29.9 Å². The lowest BCUT2D eigenvalue weighted by Gasteiger charge is -2.12. The van der Waals surface area contributed by atoms with Crippen molar-refractivity contribution in [2.24, 2.45) is 18.0 Å². The summed E-state index contributed by atoms with van der Waals surface area (Å²) in [5.74, 6) is 3.27. The van der Waals surface area contributed by atoms with Gasteiger partial charge in [0, 0.05) is 20.1 Å². The summed E-state index contributed by atoms with van der Waals surface area (Å²) < 4.78 is 1.95. The lowest BCUT2D eigenvalue weighted by atomic mass is 10.1. The number of guanidine groups is 1. The van der Waals surface area contributed by atoms with E-state index in [-0.39, 0.29) is 24.0 Å². The van der Waals surface area contributed by atoms with Crippen LogP contribution in [0, 0.1) is 12.8 Å². The van der Waals surface area contributed by atoms with Crippen LogP contribution in [0.5, 0.6) is 0 Å². The number of aliphatic imine (C=N–C) groups is 1. The molecule has 0 spiro atoms. The fourth-order valence-corrected chi connectivity index (χ4v) is 1.80. The molecule has 0 atom stereocenters. The van der Waals surface area contributed by atoms with E-state index in [4.69, 9.17) is 0 Å². The zero-order valence-corrected chi connectivity index (χ0v) is 16.4. The molecule has 0 aliphatic carbocycles. The van der Waals surface area contributed by atoms with Crippen LogP contribution < -0.4 is 10.6 Å². The molecule has 0 bridgehead atoms. The number of nitrogens with one attached hydrogen (secondary N) is 2. The van der Waals surface area contributed by atoms with Crippen molar-refractivity contribution in [3.8, 4) is 0 Å². The first-order chi connectivity index (χ1) is 10.0. The van der Waals surface area contributed by atoms with E-state index >= 15 is 0 Å². The third kappa shape index (κ3) is 7.77. The normalized spacial score (nSPS) is 11.2. The molecule has 0 fully saturated rings. The van der Waals surface area contributed by atoms with Crippen molar-refractivity contribution < 1.29 is 0 Å². The van der Waals surface area contributed by atoms with Crippen LogP contribution in [0.25, 0.3) is 0 Å². The van der Waals surface area contributed by atoms with E-state index in [2.05, 4.69) is 46.2 Å². The van der Waals surface area contributed by atoms with Crippen LogP contribution >= 0.6 is 24.0 Å². The molecule has 0 aromatic carbocycles. The molecule has 0 saturated heterocycles.